The molecule has 4 rings (SSSR count). The van der Waals surface area contributed by atoms with Gasteiger partial charge in [-0.3, -0.25) is 4.79 Å². The van der Waals surface area contributed by atoms with Crippen LogP contribution in [0, 0.1) is 0 Å². The quantitative estimate of drug-likeness (QED) is 0.847. The molecular formula is C18H24N4OS. The van der Waals surface area contributed by atoms with Crippen molar-refractivity contribution in [3.63, 3.8) is 0 Å². The lowest BCUT2D eigenvalue weighted by Gasteiger charge is -2.34. The Morgan fingerprint density at radius 2 is 2.12 bits per heavy atom. The largest absolute Gasteiger partial charge is 0.336 e. The highest BCUT2D eigenvalue weighted by molar-refractivity contribution is 7.13. The van der Waals surface area contributed by atoms with Crippen LogP contribution in [-0.2, 0) is 0 Å². The topological polar surface area (TPSA) is 51.0 Å². The zero-order chi connectivity index (χ0) is 16.7. The van der Waals surface area contributed by atoms with Crippen LogP contribution >= 0.6 is 11.3 Å². The van der Waals surface area contributed by atoms with E-state index in [-0.39, 0.29) is 5.91 Å². The van der Waals surface area contributed by atoms with Gasteiger partial charge in [-0.2, -0.15) is 0 Å². The second kappa shape index (κ2) is 6.31. The van der Waals surface area contributed by atoms with Gasteiger partial charge in [0.25, 0.3) is 5.91 Å². The van der Waals surface area contributed by atoms with Gasteiger partial charge in [0, 0.05) is 37.3 Å². The predicted octanol–water partition coefficient (Wildman–Crippen LogP) is 3.82. The van der Waals surface area contributed by atoms with Crippen molar-refractivity contribution in [2.75, 3.05) is 13.1 Å². The fourth-order valence-corrected chi connectivity index (χ4v) is 4.56. The zero-order valence-corrected chi connectivity index (χ0v) is 15.1. The molecule has 0 spiro atoms. The van der Waals surface area contributed by atoms with Crippen LogP contribution in [0.15, 0.2) is 18.6 Å². The van der Waals surface area contributed by atoms with Gasteiger partial charge < -0.3 is 9.47 Å². The monoisotopic (exact) mass is 344 g/mol. The van der Waals surface area contributed by atoms with Gasteiger partial charge in [0.2, 0.25) is 0 Å². The molecule has 0 radical (unpaired) electrons. The summed E-state index contributed by atoms with van der Waals surface area (Å²) in [4.78, 5) is 24.6. The molecule has 1 amide bonds. The molecule has 1 saturated carbocycles. The summed E-state index contributed by atoms with van der Waals surface area (Å²) in [5.74, 6) is 2.28. The average molecular weight is 344 g/mol. The van der Waals surface area contributed by atoms with Crippen molar-refractivity contribution in [2.45, 2.75) is 57.4 Å². The van der Waals surface area contributed by atoms with Gasteiger partial charge in [-0.1, -0.05) is 13.8 Å². The van der Waals surface area contributed by atoms with E-state index in [1.807, 2.05) is 11.1 Å². The maximum absolute atomic E-state index is 12.9. The highest BCUT2D eigenvalue weighted by Gasteiger charge is 2.30. The smallest absolute Gasteiger partial charge is 0.265 e. The van der Waals surface area contributed by atoms with E-state index in [9.17, 15) is 4.79 Å². The first-order valence-electron chi connectivity index (χ1n) is 8.91. The number of rotatable bonds is 4. The standard InChI is InChI=1S/C18H24N4OS/c1-12(2)16-19-7-9-22(16)14-4-3-8-21(11-14)18(23)15-10-20-17(24-15)13-5-6-13/h7,9-10,12-14H,3-6,8,11H2,1-2H3/t14-/m1/s1. The number of hydrogen-bond donors (Lipinski definition) is 0. The van der Waals surface area contributed by atoms with Gasteiger partial charge in [-0.05, 0) is 25.7 Å². The van der Waals surface area contributed by atoms with Crippen LogP contribution in [0.1, 0.15) is 77.9 Å². The number of nitrogens with zero attached hydrogens (tertiary/aromatic N) is 4. The predicted molar refractivity (Wildman–Crippen MR) is 94.6 cm³/mol. The highest BCUT2D eigenvalue weighted by atomic mass is 32.1. The van der Waals surface area contributed by atoms with Crippen molar-refractivity contribution in [3.8, 4) is 0 Å². The molecule has 1 aliphatic carbocycles. The minimum absolute atomic E-state index is 0.148. The second-order valence-electron chi connectivity index (χ2n) is 7.23. The van der Waals surface area contributed by atoms with E-state index in [0.717, 1.165) is 41.6 Å². The molecule has 3 heterocycles. The Balaban J connectivity index is 1.49. The van der Waals surface area contributed by atoms with E-state index in [2.05, 4.69) is 34.6 Å². The molecule has 1 aliphatic heterocycles. The molecule has 1 saturated heterocycles. The maximum atomic E-state index is 12.9. The third kappa shape index (κ3) is 2.99. The maximum Gasteiger partial charge on any atom is 0.265 e. The molecule has 0 unspecified atom stereocenters. The lowest BCUT2D eigenvalue weighted by atomic mass is 10.0. The van der Waals surface area contributed by atoms with Crippen molar-refractivity contribution < 1.29 is 4.79 Å². The SMILES string of the molecule is CC(C)c1nccn1[C@@H]1CCCN(C(=O)c2cnc(C3CC3)s2)C1. The number of thiazole rings is 1. The van der Waals surface area contributed by atoms with Crippen LogP contribution in [0.5, 0.6) is 0 Å². The van der Waals surface area contributed by atoms with Crippen molar-refractivity contribution >= 4 is 17.2 Å². The normalized spacial score (nSPS) is 21.5. The minimum atomic E-state index is 0.148. The van der Waals surface area contributed by atoms with Crippen molar-refractivity contribution in [2.24, 2.45) is 0 Å². The molecular weight excluding hydrogens is 320 g/mol. The molecule has 6 heteroatoms. The first-order chi connectivity index (χ1) is 11.6. The summed E-state index contributed by atoms with van der Waals surface area (Å²) in [6, 6.07) is 0.332. The number of carbonyl (C=O) groups is 1. The van der Waals surface area contributed by atoms with Crippen LogP contribution < -0.4 is 0 Å². The number of hydrogen-bond acceptors (Lipinski definition) is 4. The van der Waals surface area contributed by atoms with E-state index in [1.165, 1.54) is 12.8 Å². The third-order valence-corrected chi connectivity index (χ3v) is 6.10. The van der Waals surface area contributed by atoms with Crippen molar-refractivity contribution in [1.29, 1.82) is 0 Å². The Morgan fingerprint density at radius 1 is 1.29 bits per heavy atom. The third-order valence-electron chi connectivity index (χ3n) is 4.95. The number of imidazole rings is 1. The zero-order valence-electron chi connectivity index (χ0n) is 14.3. The lowest BCUT2D eigenvalue weighted by molar-refractivity contribution is 0.0682. The number of likely N-dealkylation sites (tertiary alicyclic amines) is 1. The van der Waals surface area contributed by atoms with Crippen LogP contribution in [0.25, 0.3) is 0 Å². The molecule has 2 aromatic rings. The Hall–Kier alpha value is -1.69. The Kier molecular flexibility index (Phi) is 4.16. The number of carbonyl (C=O) groups excluding carboxylic acids is 1. The van der Waals surface area contributed by atoms with Gasteiger partial charge in [0.15, 0.2) is 0 Å². The number of aromatic nitrogens is 3. The summed E-state index contributed by atoms with van der Waals surface area (Å²) in [5.41, 5.74) is 0. The fraction of sp³-hybridized carbons (Fsp3) is 0.611. The summed E-state index contributed by atoms with van der Waals surface area (Å²) >= 11 is 1.59. The van der Waals surface area contributed by atoms with Crippen LogP contribution in [0.3, 0.4) is 0 Å². The van der Waals surface area contributed by atoms with Gasteiger partial charge >= 0.3 is 0 Å². The van der Waals surface area contributed by atoms with Crippen molar-refractivity contribution in [3.05, 3.63) is 34.3 Å². The van der Waals surface area contributed by atoms with Crippen LogP contribution in [0.4, 0.5) is 0 Å². The van der Waals surface area contributed by atoms with Crippen LogP contribution in [0.2, 0.25) is 0 Å². The second-order valence-corrected chi connectivity index (χ2v) is 8.29. The molecule has 0 N–H and O–H groups in total. The molecule has 24 heavy (non-hydrogen) atoms. The Morgan fingerprint density at radius 3 is 2.88 bits per heavy atom. The van der Waals surface area contributed by atoms with Gasteiger partial charge in [0.05, 0.1) is 17.2 Å². The molecule has 2 aliphatic rings. The molecule has 2 aromatic heterocycles. The molecule has 0 aromatic carbocycles. The van der Waals surface area contributed by atoms with Gasteiger partial charge in [0.1, 0.15) is 10.7 Å². The van der Waals surface area contributed by atoms with Crippen LogP contribution in [-0.4, -0.2) is 38.4 Å². The summed E-state index contributed by atoms with van der Waals surface area (Å²) in [6.07, 6.45) is 10.3. The summed E-state index contributed by atoms with van der Waals surface area (Å²) in [6.45, 7) is 5.95. The number of piperidine rings is 1. The van der Waals surface area contributed by atoms with E-state index < -0.39 is 0 Å². The molecule has 5 nitrogen and oxygen atoms in total. The molecule has 0 bridgehead atoms. The van der Waals surface area contributed by atoms with E-state index in [1.54, 1.807) is 17.5 Å². The summed E-state index contributed by atoms with van der Waals surface area (Å²) < 4.78 is 2.27. The highest BCUT2D eigenvalue weighted by Crippen LogP contribution is 2.42. The van der Waals surface area contributed by atoms with E-state index in [0.29, 0.717) is 17.9 Å². The first-order valence-corrected chi connectivity index (χ1v) is 9.73. The fourth-order valence-electron chi connectivity index (χ4n) is 3.51. The van der Waals surface area contributed by atoms with E-state index >= 15 is 0 Å². The summed E-state index contributed by atoms with van der Waals surface area (Å²) in [5, 5.41) is 1.14. The molecule has 2 fully saturated rings. The van der Waals surface area contributed by atoms with Crippen molar-refractivity contribution in [1.82, 2.24) is 19.4 Å². The average Bonchev–Trinajstić information content (AvgIpc) is 3.13. The lowest BCUT2D eigenvalue weighted by Crippen LogP contribution is -2.40. The molecule has 128 valence electrons. The Bertz CT molecular complexity index is 731. The molecule has 1 atom stereocenters. The summed E-state index contributed by atoms with van der Waals surface area (Å²) in [7, 11) is 0. The van der Waals surface area contributed by atoms with E-state index in [4.69, 9.17) is 0 Å². The van der Waals surface area contributed by atoms with Gasteiger partial charge in [-0.25, -0.2) is 9.97 Å². The number of amides is 1. The first kappa shape index (κ1) is 15.8. The minimum Gasteiger partial charge on any atom is -0.336 e. The van der Waals surface area contributed by atoms with Gasteiger partial charge in [-0.15, -0.1) is 11.3 Å². The Labute approximate surface area is 146 Å².